The lowest BCUT2D eigenvalue weighted by atomic mass is 9.52. The Hall–Kier alpha value is -3.14. The minimum atomic E-state index is -7.31. The third kappa shape index (κ3) is 2.82. The van der Waals surface area contributed by atoms with Crippen molar-refractivity contribution in [1.29, 1.82) is 0 Å². The largest absolute Gasteiger partial charge is 0.442 e. The van der Waals surface area contributed by atoms with Crippen LogP contribution in [-0.2, 0) is 28.6 Å². The highest BCUT2D eigenvalue weighted by molar-refractivity contribution is 5.84. The van der Waals surface area contributed by atoms with Crippen LogP contribution < -0.4 is 0 Å². The van der Waals surface area contributed by atoms with E-state index in [4.69, 9.17) is 0 Å². The van der Waals surface area contributed by atoms with Crippen molar-refractivity contribution in [3.8, 4) is 0 Å². The number of carbonyl (C=O) groups excluding carboxylic acids is 3. The second-order valence-corrected chi connectivity index (χ2v) is 7.55. The number of halogens is 11. The zero-order valence-electron chi connectivity index (χ0n) is 17.4. The number of alkyl halides is 11. The van der Waals surface area contributed by atoms with E-state index >= 15 is 43.9 Å². The topological polar surface area (TPSA) is 78.9 Å². The van der Waals surface area contributed by atoms with Gasteiger partial charge in [0.15, 0.2) is 0 Å². The van der Waals surface area contributed by atoms with Gasteiger partial charge in [-0.3, -0.25) is 0 Å². The van der Waals surface area contributed by atoms with Crippen LogP contribution in [0, 0.1) is 0 Å². The van der Waals surface area contributed by atoms with Crippen LogP contribution >= 0.6 is 0 Å². The number of carbonyl (C=O) groups is 3. The van der Waals surface area contributed by atoms with E-state index < -0.39 is 77.4 Å². The Morgan fingerprint density at radius 2 is 1.06 bits per heavy atom. The first kappa shape index (κ1) is 29.1. The molecule has 0 radical (unpaired) electrons. The summed E-state index contributed by atoms with van der Waals surface area (Å²) in [6.07, 6.45) is -4.31. The third-order valence-corrected chi connectivity index (χ3v) is 5.72. The Morgan fingerprint density at radius 3 is 1.47 bits per heavy atom. The van der Waals surface area contributed by atoms with Gasteiger partial charge in [-0.2, -0.15) is 39.5 Å². The number of ether oxygens (including phenoxy) is 3. The number of hydrogen-bond acceptors (Lipinski definition) is 6. The van der Waals surface area contributed by atoms with E-state index in [1.165, 1.54) is 0 Å². The molecule has 4 unspecified atom stereocenters. The summed E-state index contributed by atoms with van der Waals surface area (Å²) in [7, 11) is 0. The Balaban J connectivity index is 3.29. The van der Waals surface area contributed by atoms with Crippen molar-refractivity contribution < 1.29 is 76.9 Å². The van der Waals surface area contributed by atoms with Crippen LogP contribution in [0.4, 0.5) is 48.3 Å². The summed E-state index contributed by atoms with van der Waals surface area (Å²) in [5.74, 6) is -42.3. The van der Waals surface area contributed by atoms with Gasteiger partial charge < -0.3 is 14.2 Å². The molecule has 0 N–H and O–H groups in total. The molecule has 0 aromatic rings. The van der Waals surface area contributed by atoms with E-state index in [1.54, 1.807) is 0 Å². The summed E-state index contributed by atoms with van der Waals surface area (Å²) in [5.41, 5.74) is -18.2. The molecule has 2 bridgehead atoms. The number of rotatable bonds is 7. The van der Waals surface area contributed by atoms with Gasteiger partial charge >= 0.3 is 53.1 Å². The number of hydrogen-bond donors (Lipinski definition) is 0. The van der Waals surface area contributed by atoms with Gasteiger partial charge in [-0.05, 0) is 0 Å². The van der Waals surface area contributed by atoms with Gasteiger partial charge in [0.25, 0.3) is 5.60 Å². The second kappa shape index (κ2) is 7.93. The zero-order chi connectivity index (χ0) is 28.4. The van der Waals surface area contributed by atoms with Crippen LogP contribution in [0.1, 0.15) is 6.42 Å². The zero-order valence-corrected chi connectivity index (χ0v) is 17.4. The van der Waals surface area contributed by atoms with E-state index in [9.17, 15) is 18.8 Å². The molecule has 6 nitrogen and oxygen atoms in total. The van der Waals surface area contributed by atoms with E-state index in [1.807, 2.05) is 0 Å². The van der Waals surface area contributed by atoms with Crippen molar-refractivity contribution in [1.82, 2.24) is 0 Å². The average molecular weight is 546 g/mol. The Labute approximate surface area is 193 Å². The van der Waals surface area contributed by atoms with E-state index in [2.05, 4.69) is 33.9 Å². The van der Waals surface area contributed by atoms with Gasteiger partial charge in [-0.25, -0.2) is 23.2 Å². The van der Waals surface area contributed by atoms with Crippen molar-refractivity contribution in [2.75, 3.05) is 6.67 Å². The van der Waals surface area contributed by atoms with Gasteiger partial charge in [0.2, 0.25) is 5.67 Å². The van der Waals surface area contributed by atoms with Crippen molar-refractivity contribution in [2.45, 2.75) is 52.8 Å². The fourth-order valence-corrected chi connectivity index (χ4v) is 4.00. The highest BCUT2D eigenvalue weighted by Gasteiger charge is 3.09. The molecule has 36 heavy (non-hydrogen) atoms. The summed E-state index contributed by atoms with van der Waals surface area (Å²) in [5, 5.41) is 0. The van der Waals surface area contributed by atoms with Crippen molar-refractivity contribution in [2.24, 2.45) is 0 Å². The lowest BCUT2D eigenvalue weighted by Crippen LogP contribution is -2.98. The molecule has 2 aliphatic rings. The van der Waals surface area contributed by atoms with Crippen molar-refractivity contribution in [3.05, 3.63) is 38.0 Å². The van der Waals surface area contributed by atoms with Gasteiger partial charge in [-0.15, -0.1) is 0 Å². The minimum Gasteiger partial charge on any atom is -0.442 e. The molecule has 0 saturated heterocycles. The highest BCUT2D eigenvalue weighted by atomic mass is 19.3. The molecule has 202 valence electrons. The lowest BCUT2D eigenvalue weighted by Gasteiger charge is -2.66. The first-order valence-corrected chi connectivity index (χ1v) is 9.15. The number of esters is 3. The normalized spacial score (nSPS) is 37.1. The predicted molar refractivity (Wildman–Crippen MR) is 92.4 cm³/mol. The fraction of sp³-hybridized carbons (Fsp3) is 0.526. The molecule has 0 amide bonds. The van der Waals surface area contributed by atoms with Crippen LogP contribution in [0.15, 0.2) is 38.0 Å². The SMILES string of the molecule is C=CC(=O)OC1(F)C(F)(F)C2(OC(=O)C=C)CC(F)(CF)C(F)(F)C(OC(=O)C=C)(C1(F)F)C2(F)F. The number of fused-ring (bicyclic) bond motifs is 2. The Kier molecular flexibility index (Phi) is 6.41. The van der Waals surface area contributed by atoms with Gasteiger partial charge in [-0.1, -0.05) is 19.7 Å². The molecule has 0 aliphatic heterocycles. The lowest BCUT2D eigenvalue weighted by molar-refractivity contribution is -0.543. The monoisotopic (exact) mass is 546 g/mol. The van der Waals surface area contributed by atoms with Crippen LogP contribution in [0.2, 0.25) is 0 Å². The maximum Gasteiger partial charge on any atom is 0.386 e. The quantitative estimate of drug-likeness (QED) is 0.208. The fourth-order valence-electron chi connectivity index (χ4n) is 4.00. The van der Waals surface area contributed by atoms with Crippen LogP contribution in [0.5, 0.6) is 0 Å². The molecule has 0 spiro atoms. The van der Waals surface area contributed by atoms with Gasteiger partial charge in [0, 0.05) is 24.6 Å². The first-order valence-electron chi connectivity index (χ1n) is 9.15. The molecule has 0 aromatic heterocycles. The summed E-state index contributed by atoms with van der Waals surface area (Å²) >= 11 is 0. The van der Waals surface area contributed by atoms with E-state index in [0.717, 1.165) is 0 Å². The Morgan fingerprint density at radius 1 is 0.639 bits per heavy atom. The molecule has 2 rings (SSSR count). The molecule has 2 aliphatic carbocycles. The molecule has 2 saturated carbocycles. The van der Waals surface area contributed by atoms with Crippen LogP contribution in [0.3, 0.4) is 0 Å². The summed E-state index contributed by atoms with van der Waals surface area (Å²) in [6.45, 7) is 4.34. The minimum absolute atomic E-state index is 0.233. The van der Waals surface area contributed by atoms with Crippen molar-refractivity contribution >= 4 is 17.9 Å². The standard InChI is InChI=1S/C19H13F11O6/c1-4-9(31)34-13-7-12(21,8-20)15(22,23)14(16(13,24)25,35-10(32)5-2)18(28,29)19(30,17(13,26)27)36-11(33)6-3/h4-6H,1-3,7-8H2. The summed E-state index contributed by atoms with van der Waals surface area (Å²) in [4.78, 5) is 34.8. The van der Waals surface area contributed by atoms with E-state index in [-0.39, 0.29) is 18.2 Å². The molecule has 2 fully saturated rings. The maximum atomic E-state index is 15.7. The average Bonchev–Trinajstić information content (AvgIpc) is 2.78. The van der Waals surface area contributed by atoms with Gasteiger partial charge in [0.1, 0.15) is 6.67 Å². The third-order valence-electron chi connectivity index (χ3n) is 5.72. The molecular weight excluding hydrogens is 533 g/mol. The molecular formula is C19H13F11O6. The van der Waals surface area contributed by atoms with Crippen LogP contribution in [0.25, 0.3) is 0 Å². The molecule has 17 heteroatoms. The smallest absolute Gasteiger partial charge is 0.386 e. The summed E-state index contributed by atoms with van der Waals surface area (Å²) in [6, 6.07) is 0. The van der Waals surface area contributed by atoms with E-state index in [0.29, 0.717) is 0 Å². The summed E-state index contributed by atoms with van der Waals surface area (Å²) < 4.78 is 178. The van der Waals surface area contributed by atoms with Crippen LogP contribution in [-0.4, -0.2) is 71.0 Å². The first-order chi connectivity index (χ1) is 16.1. The van der Waals surface area contributed by atoms with Gasteiger partial charge in [0.05, 0.1) is 0 Å². The second-order valence-electron chi connectivity index (χ2n) is 7.55. The Bertz CT molecular complexity index is 1020. The maximum absolute atomic E-state index is 15.7. The molecule has 0 aromatic carbocycles. The molecule has 4 atom stereocenters. The molecule has 0 heterocycles. The predicted octanol–water partition coefficient (Wildman–Crippen LogP) is 3.95. The highest BCUT2D eigenvalue weighted by Crippen LogP contribution is 2.77. The van der Waals surface area contributed by atoms with Crippen molar-refractivity contribution in [3.63, 3.8) is 0 Å².